The topological polar surface area (TPSA) is 88.5 Å². The van der Waals surface area contributed by atoms with E-state index in [4.69, 9.17) is 9.84 Å². The van der Waals surface area contributed by atoms with E-state index in [0.29, 0.717) is 28.8 Å². The molecule has 0 spiro atoms. The summed E-state index contributed by atoms with van der Waals surface area (Å²) in [4.78, 5) is 27.1. The Labute approximate surface area is 194 Å². The number of benzene rings is 2. The first-order valence-corrected chi connectivity index (χ1v) is 12.4. The van der Waals surface area contributed by atoms with E-state index in [1.54, 1.807) is 18.2 Å². The summed E-state index contributed by atoms with van der Waals surface area (Å²) in [5.41, 5.74) is 0.732. The maximum absolute atomic E-state index is 12.8. The van der Waals surface area contributed by atoms with Gasteiger partial charge in [0.25, 0.3) is 0 Å². The van der Waals surface area contributed by atoms with Crippen LogP contribution in [0, 0.1) is 0 Å². The van der Waals surface area contributed by atoms with E-state index in [-0.39, 0.29) is 16.7 Å². The minimum absolute atomic E-state index is 0.0522. The van der Waals surface area contributed by atoms with Gasteiger partial charge in [-0.3, -0.25) is 0 Å². The predicted molar refractivity (Wildman–Crippen MR) is 117 cm³/mol. The first-order chi connectivity index (χ1) is 15.7. The second-order valence-corrected chi connectivity index (χ2v) is 9.72. The van der Waals surface area contributed by atoms with Crippen molar-refractivity contribution >= 4 is 26.4 Å². The zero-order chi connectivity index (χ0) is 23.8. The number of carbonyl (C=O) groups excluding carboxylic acids is 1. The minimum atomic E-state index is -4.47. The van der Waals surface area contributed by atoms with Crippen LogP contribution in [0.25, 0.3) is 0 Å². The number of amides is 1. The van der Waals surface area contributed by atoms with E-state index >= 15 is 0 Å². The molecule has 10 heteroatoms. The number of aromatic nitrogens is 1. The molecule has 2 aromatic carbocycles. The van der Waals surface area contributed by atoms with Crippen molar-refractivity contribution in [2.24, 2.45) is 0 Å². The van der Waals surface area contributed by atoms with Crippen molar-refractivity contribution in [1.82, 2.24) is 10.3 Å². The number of alkyl halides is 3. The fourth-order valence-electron chi connectivity index (χ4n) is 2.94. The molecule has 3 aromatic rings. The number of carboxylic acid groups (broad SMARTS) is 1. The molecule has 0 saturated carbocycles. The van der Waals surface area contributed by atoms with Crippen LogP contribution in [-0.2, 0) is 19.1 Å². The van der Waals surface area contributed by atoms with Gasteiger partial charge in [-0.2, -0.15) is 0 Å². The van der Waals surface area contributed by atoms with Gasteiger partial charge < -0.3 is 5.11 Å². The standard InChI is InChI=1S/C23H20AsF3N2O4/c25-23(26,27)17-5-2-4-16(12-17)21(30)24-9-7-15-3-1-6-19(11-15)33-20-8-10-28-18(13-20)14-29-22(31)32/h1-6,8,10-13,24,29H,7,9,14H2,(H,31,32). The molecular formula is C23H20AsF3N2O4. The Balaban J connectivity index is 1.56. The number of nitrogens with zero attached hydrogens (tertiary/aromatic N) is 1. The van der Waals surface area contributed by atoms with Gasteiger partial charge in [-0.15, -0.1) is 0 Å². The van der Waals surface area contributed by atoms with Crippen LogP contribution in [0.15, 0.2) is 66.9 Å². The van der Waals surface area contributed by atoms with Crippen LogP contribution in [0.5, 0.6) is 11.5 Å². The summed E-state index contributed by atoms with van der Waals surface area (Å²) >= 11 is -1.13. The maximum atomic E-state index is 12.8. The molecule has 2 N–H and O–H groups in total. The zero-order valence-corrected chi connectivity index (χ0v) is 19.3. The molecule has 1 amide bonds. The van der Waals surface area contributed by atoms with Crippen molar-refractivity contribution in [3.63, 3.8) is 0 Å². The van der Waals surface area contributed by atoms with Crippen molar-refractivity contribution in [3.8, 4) is 11.5 Å². The summed E-state index contributed by atoms with van der Waals surface area (Å²) in [6.07, 6.45) is -3.50. The Bertz CT molecular complexity index is 1140. The summed E-state index contributed by atoms with van der Waals surface area (Å²) in [5, 5.41) is 11.5. The molecule has 1 atom stereocenters. The fraction of sp³-hybridized carbons (Fsp3) is 0.174. The number of hydrogen-bond acceptors (Lipinski definition) is 4. The molecule has 0 aliphatic rings. The van der Waals surface area contributed by atoms with Crippen molar-refractivity contribution in [2.75, 3.05) is 0 Å². The first kappa shape index (κ1) is 24.3. The number of carbonyl (C=O) groups is 2. The summed E-state index contributed by atoms with van der Waals surface area (Å²) in [5.74, 6) is 1.07. The van der Waals surface area contributed by atoms with Crippen molar-refractivity contribution in [1.29, 1.82) is 0 Å². The van der Waals surface area contributed by atoms with Gasteiger partial charge in [-0.05, 0) is 0 Å². The van der Waals surface area contributed by atoms with Crippen LogP contribution in [-0.4, -0.2) is 36.5 Å². The van der Waals surface area contributed by atoms with E-state index in [0.717, 1.165) is 17.7 Å². The Morgan fingerprint density at radius 1 is 1.03 bits per heavy atom. The molecule has 0 bridgehead atoms. The molecule has 0 saturated heterocycles. The number of nitrogens with one attached hydrogen (secondary N) is 1. The number of ether oxygens (including phenoxy) is 1. The van der Waals surface area contributed by atoms with Gasteiger partial charge in [0.1, 0.15) is 0 Å². The Morgan fingerprint density at radius 3 is 2.55 bits per heavy atom. The van der Waals surface area contributed by atoms with Crippen molar-refractivity contribution in [2.45, 2.75) is 24.4 Å². The molecule has 0 radical (unpaired) electrons. The number of pyridine rings is 1. The van der Waals surface area contributed by atoms with Crippen LogP contribution in [0.3, 0.4) is 0 Å². The number of aryl methyl sites for hydroxylation is 1. The number of rotatable bonds is 9. The van der Waals surface area contributed by atoms with E-state index in [1.807, 2.05) is 18.2 Å². The van der Waals surface area contributed by atoms with E-state index in [2.05, 4.69) is 10.3 Å². The van der Waals surface area contributed by atoms with Gasteiger partial charge >= 0.3 is 185 Å². The third kappa shape index (κ3) is 7.64. The van der Waals surface area contributed by atoms with Crippen LogP contribution >= 0.6 is 0 Å². The summed E-state index contributed by atoms with van der Waals surface area (Å²) in [6.45, 7) is 0.0522. The second-order valence-electron chi connectivity index (χ2n) is 6.98. The molecule has 6 nitrogen and oxygen atoms in total. The molecule has 0 aliphatic heterocycles. The van der Waals surface area contributed by atoms with Crippen molar-refractivity contribution in [3.05, 3.63) is 89.2 Å². The zero-order valence-electron chi connectivity index (χ0n) is 17.2. The third-order valence-electron chi connectivity index (χ3n) is 4.49. The third-order valence-corrected chi connectivity index (χ3v) is 6.82. The Kier molecular flexibility index (Phi) is 8.11. The average molecular weight is 520 g/mol. The van der Waals surface area contributed by atoms with Gasteiger partial charge in [0.05, 0.1) is 0 Å². The van der Waals surface area contributed by atoms with Crippen LogP contribution in [0.4, 0.5) is 18.0 Å². The van der Waals surface area contributed by atoms with Gasteiger partial charge in [0.2, 0.25) is 0 Å². The normalized spacial score (nSPS) is 11.5. The first-order valence-electron chi connectivity index (χ1n) is 9.85. The summed E-state index contributed by atoms with van der Waals surface area (Å²) in [6, 6.07) is 15.1. The monoisotopic (exact) mass is 520 g/mol. The van der Waals surface area contributed by atoms with Gasteiger partial charge in [-0.1, -0.05) is 0 Å². The average Bonchev–Trinajstić information content (AvgIpc) is 2.78. The summed E-state index contributed by atoms with van der Waals surface area (Å²) in [7, 11) is 0. The molecule has 33 heavy (non-hydrogen) atoms. The molecule has 0 aliphatic carbocycles. The van der Waals surface area contributed by atoms with Crippen LogP contribution < -0.4 is 10.1 Å². The van der Waals surface area contributed by atoms with Crippen LogP contribution in [0.2, 0.25) is 5.21 Å². The van der Waals surface area contributed by atoms with E-state index in [9.17, 15) is 22.8 Å². The van der Waals surface area contributed by atoms with Crippen molar-refractivity contribution < 1.29 is 32.6 Å². The molecule has 3 rings (SSSR count). The molecule has 0 fully saturated rings. The molecule has 172 valence electrons. The van der Waals surface area contributed by atoms with Gasteiger partial charge in [0.15, 0.2) is 0 Å². The Morgan fingerprint density at radius 2 is 1.79 bits per heavy atom. The molecule has 1 aromatic heterocycles. The molecular weight excluding hydrogens is 500 g/mol. The number of hydrogen-bond donors (Lipinski definition) is 2. The Hall–Kier alpha value is -3.32. The predicted octanol–water partition coefficient (Wildman–Crippen LogP) is 4.90. The fourth-order valence-corrected chi connectivity index (χ4v) is 5.04. The molecule has 1 heterocycles. The summed E-state index contributed by atoms with van der Waals surface area (Å²) < 4.78 is 44.2. The molecule has 1 unspecified atom stereocenters. The van der Waals surface area contributed by atoms with Gasteiger partial charge in [-0.25, -0.2) is 4.79 Å². The number of halogens is 3. The van der Waals surface area contributed by atoms with E-state index < -0.39 is 33.6 Å². The quantitative estimate of drug-likeness (QED) is 0.392. The second kappa shape index (κ2) is 11.0. The van der Waals surface area contributed by atoms with Gasteiger partial charge in [0, 0.05) is 0 Å². The van der Waals surface area contributed by atoms with Crippen LogP contribution in [0.1, 0.15) is 27.2 Å². The van der Waals surface area contributed by atoms with E-state index in [1.165, 1.54) is 18.3 Å². The SMILES string of the molecule is O=C(O)NCc1cc(Oc2cccc(CC[AsH]C(=O)c3cccc(C(F)(F)F)c3)c2)ccn1.